The fourth-order valence-electron chi connectivity index (χ4n) is 0.994. The lowest BCUT2D eigenvalue weighted by molar-refractivity contribution is -0.140. The smallest absolute Gasteiger partial charge is 0.320 e. The Kier molecular flexibility index (Phi) is 3.27. The lowest BCUT2D eigenvalue weighted by Crippen LogP contribution is -2.40. The van der Waals surface area contributed by atoms with Gasteiger partial charge in [0.2, 0.25) is 0 Å². The predicted molar refractivity (Wildman–Crippen MR) is 50.2 cm³/mol. The first-order valence-electron chi connectivity index (χ1n) is 4.22. The maximum absolute atomic E-state index is 11.0. The summed E-state index contributed by atoms with van der Waals surface area (Å²) < 4.78 is 4.54. The molecule has 1 atom stereocenters. The number of primary amides is 1. The van der Waals surface area contributed by atoms with Gasteiger partial charge in [-0.3, -0.25) is 9.69 Å². The van der Waals surface area contributed by atoms with Crippen molar-refractivity contribution < 1.29 is 19.2 Å². The van der Waals surface area contributed by atoms with Crippen LogP contribution < -0.4 is 10.6 Å². The molecular formula is C8H11N3O4. The molecule has 0 saturated heterocycles. The van der Waals surface area contributed by atoms with Gasteiger partial charge in [0.05, 0.1) is 5.92 Å². The van der Waals surface area contributed by atoms with Crippen LogP contribution in [0.4, 0.5) is 10.6 Å². The van der Waals surface area contributed by atoms with Crippen molar-refractivity contribution in [1.82, 2.24) is 5.16 Å². The predicted octanol–water partition coefficient (Wildman–Crippen LogP) is 0.280. The van der Waals surface area contributed by atoms with Gasteiger partial charge < -0.3 is 15.4 Å². The van der Waals surface area contributed by atoms with Crippen molar-refractivity contribution in [2.24, 2.45) is 11.7 Å². The van der Waals surface area contributed by atoms with Gasteiger partial charge in [-0.2, -0.15) is 0 Å². The number of anilines is 1. The highest BCUT2D eigenvalue weighted by Gasteiger charge is 2.21. The number of carbonyl (C=O) groups excluding carboxylic acids is 1. The molecule has 0 fully saturated rings. The van der Waals surface area contributed by atoms with Crippen LogP contribution in [0.3, 0.4) is 0 Å². The molecule has 0 aliphatic rings. The summed E-state index contributed by atoms with van der Waals surface area (Å²) in [6.45, 7) is 1.43. The molecule has 0 aliphatic heterocycles. The molecule has 0 saturated carbocycles. The van der Waals surface area contributed by atoms with Gasteiger partial charge in [0.25, 0.3) is 0 Å². The molecule has 3 N–H and O–H groups in total. The summed E-state index contributed by atoms with van der Waals surface area (Å²) in [5, 5.41) is 12.2. The number of aliphatic carboxylic acids is 1. The van der Waals surface area contributed by atoms with Crippen molar-refractivity contribution in [3.63, 3.8) is 0 Å². The summed E-state index contributed by atoms with van der Waals surface area (Å²) in [5.74, 6) is -1.53. The summed E-state index contributed by atoms with van der Waals surface area (Å²) in [6, 6.07) is 0.663. The van der Waals surface area contributed by atoms with E-state index in [-0.39, 0.29) is 12.4 Å². The zero-order chi connectivity index (χ0) is 11.4. The van der Waals surface area contributed by atoms with Crippen LogP contribution in [-0.2, 0) is 4.79 Å². The minimum atomic E-state index is -1.01. The number of hydrogen-bond acceptors (Lipinski definition) is 4. The van der Waals surface area contributed by atoms with Crippen molar-refractivity contribution >= 4 is 17.8 Å². The van der Waals surface area contributed by atoms with Gasteiger partial charge in [-0.25, -0.2) is 4.79 Å². The number of carboxylic acids is 1. The Morgan fingerprint density at radius 2 is 2.40 bits per heavy atom. The van der Waals surface area contributed by atoms with E-state index in [1.165, 1.54) is 19.3 Å². The van der Waals surface area contributed by atoms with E-state index in [0.717, 1.165) is 4.90 Å². The van der Waals surface area contributed by atoms with Gasteiger partial charge in [0, 0.05) is 12.6 Å². The SMILES string of the molecule is CC(CN(C(N)=O)c1ccon1)C(=O)O. The van der Waals surface area contributed by atoms with Crippen molar-refractivity contribution in [2.45, 2.75) is 6.92 Å². The maximum Gasteiger partial charge on any atom is 0.320 e. The number of rotatable bonds is 4. The van der Waals surface area contributed by atoms with E-state index in [1.54, 1.807) is 0 Å². The third kappa shape index (κ3) is 2.70. The minimum absolute atomic E-state index is 0.0444. The summed E-state index contributed by atoms with van der Waals surface area (Å²) in [4.78, 5) is 22.7. The summed E-state index contributed by atoms with van der Waals surface area (Å²) in [7, 11) is 0. The normalized spacial score (nSPS) is 12.1. The average molecular weight is 213 g/mol. The zero-order valence-corrected chi connectivity index (χ0v) is 8.08. The highest BCUT2D eigenvalue weighted by molar-refractivity contribution is 5.90. The van der Waals surface area contributed by atoms with Crippen LogP contribution in [-0.4, -0.2) is 28.8 Å². The van der Waals surface area contributed by atoms with Crippen LogP contribution in [0.15, 0.2) is 16.9 Å². The number of hydrogen-bond donors (Lipinski definition) is 2. The molecule has 7 heteroatoms. The van der Waals surface area contributed by atoms with E-state index in [0.29, 0.717) is 0 Å². The Balaban J connectivity index is 2.77. The fourth-order valence-corrected chi connectivity index (χ4v) is 0.994. The molecule has 15 heavy (non-hydrogen) atoms. The Morgan fingerprint density at radius 1 is 1.73 bits per heavy atom. The molecule has 1 aromatic heterocycles. The Morgan fingerprint density at radius 3 is 2.80 bits per heavy atom. The molecule has 7 nitrogen and oxygen atoms in total. The average Bonchev–Trinajstić information content (AvgIpc) is 2.65. The molecule has 82 valence electrons. The van der Waals surface area contributed by atoms with Gasteiger partial charge >= 0.3 is 12.0 Å². The first-order valence-corrected chi connectivity index (χ1v) is 4.22. The van der Waals surface area contributed by atoms with Crippen LogP contribution in [0.1, 0.15) is 6.92 Å². The zero-order valence-electron chi connectivity index (χ0n) is 8.08. The first-order chi connectivity index (χ1) is 7.02. The van der Waals surface area contributed by atoms with E-state index in [2.05, 4.69) is 9.68 Å². The van der Waals surface area contributed by atoms with E-state index in [4.69, 9.17) is 10.8 Å². The van der Waals surface area contributed by atoms with E-state index in [1.807, 2.05) is 0 Å². The van der Waals surface area contributed by atoms with E-state index in [9.17, 15) is 9.59 Å². The molecule has 2 amide bonds. The van der Waals surface area contributed by atoms with Gasteiger partial charge in [0.1, 0.15) is 6.26 Å². The maximum atomic E-state index is 11.0. The topological polar surface area (TPSA) is 110 Å². The minimum Gasteiger partial charge on any atom is -0.481 e. The first kappa shape index (κ1) is 11.0. The molecule has 0 aliphatic carbocycles. The van der Waals surface area contributed by atoms with Crippen molar-refractivity contribution in [3.05, 3.63) is 12.3 Å². The Hall–Kier alpha value is -2.05. The number of carboxylic acid groups (broad SMARTS) is 1. The van der Waals surface area contributed by atoms with Crippen LogP contribution in [0.5, 0.6) is 0 Å². The molecular weight excluding hydrogens is 202 g/mol. The number of urea groups is 1. The van der Waals surface area contributed by atoms with Crippen molar-refractivity contribution in [1.29, 1.82) is 0 Å². The van der Waals surface area contributed by atoms with Gasteiger partial charge in [-0.05, 0) is 0 Å². The number of amides is 2. The largest absolute Gasteiger partial charge is 0.481 e. The standard InChI is InChI=1S/C8H11N3O4/c1-5(7(12)13)4-11(8(9)14)6-2-3-15-10-6/h2-3,5H,4H2,1H3,(H2,9,14)(H,12,13). The van der Waals surface area contributed by atoms with Gasteiger partial charge in [0.15, 0.2) is 5.82 Å². The number of aromatic nitrogens is 1. The molecule has 0 radical (unpaired) electrons. The number of nitrogens with zero attached hydrogens (tertiary/aromatic N) is 2. The number of nitrogens with two attached hydrogens (primary N) is 1. The lowest BCUT2D eigenvalue weighted by atomic mass is 10.2. The Bertz CT molecular complexity index is 349. The van der Waals surface area contributed by atoms with Crippen LogP contribution >= 0.6 is 0 Å². The molecule has 1 aromatic rings. The van der Waals surface area contributed by atoms with Crippen LogP contribution in [0.2, 0.25) is 0 Å². The molecule has 0 aromatic carbocycles. The summed E-state index contributed by atoms with van der Waals surface area (Å²) in [6.07, 6.45) is 1.27. The Labute approximate surface area is 85.4 Å². The summed E-state index contributed by atoms with van der Waals surface area (Å²) >= 11 is 0. The summed E-state index contributed by atoms with van der Waals surface area (Å²) in [5.41, 5.74) is 5.09. The second-order valence-electron chi connectivity index (χ2n) is 3.05. The lowest BCUT2D eigenvalue weighted by Gasteiger charge is -2.18. The quantitative estimate of drug-likeness (QED) is 0.746. The molecule has 0 bridgehead atoms. The van der Waals surface area contributed by atoms with Gasteiger partial charge in [-0.1, -0.05) is 12.1 Å². The fraction of sp³-hybridized carbons (Fsp3) is 0.375. The van der Waals surface area contributed by atoms with E-state index < -0.39 is 17.9 Å². The molecule has 1 heterocycles. The molecule has 1 unspecified atom stereocenters. The number of carbonyl (C=O) groups is 2. The van der Waals surface area contributed by atoms with Crippen molar-refractivity contribution in [2.75, 3.05) is 11.4 Å². The highest BCUT2D eigenvalue weighted by atomic mass is 16.5. The van der Waals surface area contributed by atoms with Gasteiger partial charge in [-0.15, -0.1) is 0 Å². The second-order valence-corrected chi connectivity index (χ2v) is 3.05. The molecule has 0 spiro atoms. The monoisotopic (exact) mass is 213 g/mol. The van der Waals surface area contributed by atoms with E-state index >= 15 is 0 Å². The van der Waals surface area contributed by atoms with Crippen LogP contribution in [0, 0.1) is 5.92 Å². The third-order valence-corrected chi connectivity index (χ3v) is 1.84. The van der Waals surface area contributed by atoms with Crippen molar-refractivity contribution in [3.8, 4) is 0 Å². The van der Waals surface area contributed by atoms with Crippen LogP contribution in [0.25, 0.3) is 0 Å². The second kappa shape index (κ2) is 4.45. The third-order valence-electron chi connectivity index (χ3n) is 1.84. The highest BCUT2D eigenvalue weighted by Crippen LogP contribution is 2.12. The molecule has 1 rings (SSSR count).